The van der Waals surface area contributed by atoms with Crippen molar-refractivity contribution in [2.45, 2.75) is 0 Å². The molecule has 0 aliphatic carbocycles. The van der Waals surface area contributed by atoms with Gasteiger partial charge in [0.05, 0.1) is 9.78 Å². The van der Waals surface area contributed by atoms with Gasteiger partial charge in [-0.05, 0) is 59.0 Å². The molecule has 0 aliphatic rings. The smallest absolute Gasteiger partial charge is 0.271 e. The van der Waals surface area contributed by atoms with Gasteiger partial charge in [0.25, 0.3) is 5.91 Å². The van der Waals surface area contributed by atoms with Crippen LogP contribution in [0.4, 0.5) is 0 Å². The Labute approximate surface area is 152 Å². The normalized spacial score (nSPS) is 10.8. The number of nitrogens with one attached hydrogen (secondary N) is 1. The fraction of sp³-hybridized carbons (Fsp3) is 0. The molecule has 1 amide bonds. The minimum absolute atomic E-state index is 0.125. The topological polar surface area (TPSA) is 61.7 Å². The van der Waals surface area contributed by atoms with Crippen molar-refractivity contribution in [2.24, 2.45) is 5.10 Å². The van der Waals surface area contributed by atoms with E-state index in [2.05, 4.69) is 42.4 Å². The first-order chi connectivity index (χ1) is 9.97. The molecule has 0 bridgehead atoms. The number of carbonyl (C=O) groups excluding carboxylic acids is 1. The molecule has 0 spiro atoms. The van der Waals surface area contributed by atoms with Crippen LogP contribution in [0.1, 0.15) is 15.9 Å². The second kappa shape index (κ2) is 7.37. The second-order valence-electron chi connectivity index (χ2n) is 4.03. The fourth-order valence-electron chi connectivity index (χ4n) is 1.51. The van der Waals surface area contributed by atoms with Gasteiger partial charge in [0.2, 0.25) is 0 Å². The van der Waals surface area contributed by atoms with Crippen molar-refractivity contribution in [3.8, 4) is 5.75 Å². The van der Waals surface area contributed by atoms with Crippen LogP contribution in [0.25, 0.3) is 0 Å². The molecule has 2 aromatic rings. The third kappa shape index (κ3) is 4.52. The van der Waals surface area contributed by atoms with Crippen LogP contribution < -0.4 is 5.43 Å². The first kappa shape index (κ1) is 16.4. The van der Waals surface area contributed by atoms with Crippen molar-refractivity contribution >= 4 is 66.6 Å². The lowest BCUT2D eigenvalue weighted by Crippen LogP contribution is -2.17. The molecule has 2 rings (SSSR count). The molecule has 0 saturated heterocycles. The molecule has 7 heteroatoms. The highest BCUT2D eigenvalue weighted by atomic mass is 127. The number of carbonyl (C=O) groups is 1. The van der Waals surface area contributed by atoms with E-state index in [9.17, 15) is 9.90 Å². The van der Waals surface area contributed by atoms with Crippen LogP contribution >= 0.6 is 54.5 Å². The van der Waals surface area contributed by atoms with Gasteiger partial charge in [0.1, 0.15) is 5.75 Å². The van der Waals surface area contributed by atoms with Gasteiger partial charge in [-0.3, -0.25) is 4.79 Å². The van der Waals surface area contributed by atoms with Crippen molar-refractivity contribution in [3.05, 3.63) is 60.0 Å². The molecular weight excluding hydrogens is 515 g/mol. The van der Waals surface area contributed by atoms with E-state index in [0.717, 1.165) is 8.95 Å². The summed E-state index contributed by atoms with van der Waals surface area (Å²) in [6, 6.07) is 10.4. The first-order valence-electron chi connectivity index (χ1n) is 5.74. The number of hydrogen-bond acceptors (Lipinski definition) is 3. The lowest BCUT2D eigenvalue weighted by molar-refractivity contribution is 0.0955. The van der Waals surface area contributed by atoms with E-state index < -0.39 is 0 Å². The minimum Gasteiger partial charge on any atom is -0.506 e. The Morgan fingerprint density at radius 3 is 2.52 bits per heavy atom. The average molecular weight is 524 g/mol. The van der Waals surface area contributed by atoms with E-state index in [4.69, 9.17) is 0 Å². The predicted molar refractivity (Wildman–Crippen MR) is 97.7 cm³/mol. The molecule has 0 saturated carbocycles. The number of phenolic OH excluding ortho intramolecular Hbond substituents is 1. The van der Waals surface area contributed by atoms with Crippen molar-refractivity contribution in [1.82, 2.24) is 5.43 Å². The van der Waals surface area contributed by atoms with Crippen LogP contribution in [0.3, 0.4) is 0 Å². The van der Waals surface area contributed by atoms with Crippen molar-refractivity contribution < 1.29 is 9.90 Å². The molecule has 2 N–H and O–H groups in total. The number of aromatic hydroxyl groups is 1. The summed E-state index contributed by atoms with van der Waals surface area (Å²) in [5.74, 6) is -0.191. The van der Waals surface area contributed by atoms with Crippen LogP contribution in [-0.2, 0) is 0 Å². The van der Waals surface area contributed by atoms with Crippen LogP contribution in [0.15, 0.2) is 50.4 Å². The Morgan fingerprint density at radius 2 is 1.86 bits per heavy atom. The molecule has 21 heavy (non-hydrogen) atoms. The van der Waals surface area contributed by atoms with Crippen LogP contribution in [0.2, 0.25) is 0 Å². The molecule has 108 valence electrons. The van der Waals surface area contributed by atoms with Gasteiger partial charge >= 0.3 is 0 Å². The van der Waals surface area contributed by atoms with Crippen molar-refractivity contribution in [1.29, 1.82) is 0 Å². The quantitative estimate of drug-likeness (QED) is 0.358. The predicted octanol–water partition coefficient (Wildman–Crippen LogP) is 4.29. The fourth-order valence-corrected chi connectivity index (χ4v) is 3.33. The largest absolute Gasteiger partial charge is 0.506 e. The number of phenols is 1. The zero-order valence-corrected chi connectivity index (χ0v) is 15.8. The Balaban J connectivity index is 2.09. The number of hydrogen-bond donors (Lipinski definition) is 2. The molecular formula is C14H9Br2IN2O2. The lowest BCUT2D eigenvalue weighted by Gasteiger charge is -2.03. The van der Waals surface area contributed by atoms with Crippen molar-refractivity contribution in [2.75, 3.05) is 0 Å². The summed E-state index contributed by atoms with van der Waals surface area (Å²) in [6.07, 6.45) is 1.40. The minimum atomic E-state index is -0.317. The number of benzene rings is 2. The van der Waals surface area contributed by atoms with E-state index in [1.807, 2.05) is 22.6 Å². The molecule has 0 fully saturated rings. The number of hydrazone groups is 1. The summed E-state index contributed by atoms with van der Waals surface area (Å²) >= 11 is 8.67. The van der Waals surface area contributed by atoms with E-state index >= 15 is 0 Å². The summed E-state index contributed by atoms with van der Waals surface area (Å²) in [4.78, 5) is 11.9. The third-order valence-electron chi connectivity index (χ3n) is 2.53. The van der Waals surface area contributed by atoms with Crippen LogP contribution in [0, 0.1) is 3.57 Å². The van der Waals surface area contributed by atoms with Gasteiger partial charge in [0.15, 0.2) is 0 Å². The van der Waals surface area contributed by atoms with Gasteiger partial charge in [-0.2, -0.15) is 5.10 Å². The van der Waals surface area contributed by atoms with E-state index in [0.29, 0.717) is 14.7 Å². The first-order valence-corrected chi connectivity index (χ1v) is 8.41. The molecule has 0 heterocycles. The average Bonchev–Trinajstić information content (AvgIpc) is 2.44. The number of halogens is 3. The third-order valence-corrected chi connectivity index (χ3v) is 4.34. The maximum Gasteiger partial charge on any atom is 0.271 e. The van der Waals surface area contributed by atoms with Gasteiger partial charge < -0.3 is 5.11 Å². The second-order valence-corrected chi connectivity index (χ2v) is 7.03. The number of nitrogens with zero attached hydrogens (tertiary/aromatic N) is 1. The molecule has 0 radical (unpaired) electrons. The summed E-state index contributed by atoms with van der Waals surface area (Å²) < 4.78 is 2.42. The van der Waals surface area contributed by atoms with Gasteiger partial charge in [0, 0.05) is 20.1 Å². The Kier molecular flexibility index (Phi) is 5.77. The van der Waals surface area contributed by atoms with E-state index in [-0.39, 0.29) is 11.7 Å². The molecule has 0 aromatic heterocycles. The van der Waals surface area contributed by atoms with E-state index in [1.54, 1.807) is 36.4 Å². The maximum absolute atomic E-state index is 11.9. The van der Waals surface area contributed by atoms with E-state index in [1.165, 1.54) is 6.21 Å². The highest BCUT2D eigenvalue weighted by molar-refractivity contribution is 14.1. The molecule has 0 unspecified atom stereocenters. The summed E-state index contributed by atoms with van der Waals surface area (Å²) in [7, 11) is 0. The Bertz CT molecular complexity index is 703. The zero-order valence-electron chi connectivity index (χ0n) is 10.5. The maximum atomic E-state index is 11.9. The monoisotopic (exact) mass is 522 g/mol. The zero-order chi connectivity index (χ0) is 15.4. The highest BCUT2D eigenvalue weighted by Gasteiger charge is 2.06. The van der Waals surface area contributed by atoms with Crippen molar-refractivity contribution in [3.63, 3.8) is 0 Å². The Morgan fingerprint density at radius 1 is 1.19 bits per heavy atom. The van der Waals surface area contributed by atoms with Gasteiger partial charge in [-0.25, -0.2) is 5.43 Å². The SMILES string of the molecule is O=C(N/N=C\c1cc(Br)cc(I)c1O)c1ccc(Br)cc1. The summed E-state index contributed by atoms with van der Waals surface area (Å²) in [5.41, 5.74) is 3.44. The standard InChI is InChI=1S/C14H9Br2IN2O2/c15-10-3-1-8(2-4-10)14(21)19-18-7-9-5-11(16)6-12(17)13(9)20/h1-7,20H,(H,19,21)/b18-7-. The summed E-state index contributed by atoms with van der Waals surface area (Å²) in [5, 5.41) is 13.8. The highest BCUT2D eigenvalue weighted by Crippen LogP contribution is 2.27. The number of rotatable bonds is 3. The van der Waals surface area contributed by atoms with Gasteiger partial charge in [-0.15, -0.1) is 0 Å². The molecule has 4 nitrogen and oxygen atoms in total. The number of amides is 1. The van der Waals surface area contributed by atoms with Crippen LogP contribution in [-0.4, -0.2) is 17.2 Å². The Hall–Kier alpha value is -0.930. The molecule has 0 aliphatic heterocycles. The van der Waals surface area contributed by atoms with Gasteiger partial charge in [-0.1, -0.05) is 31.9 Å². The molecule has 0 atom stereocenters. The summed E-state index contributed by atoms with van der Waals surface area (Å²) in [6.45, 7) is 0. The van der Waals surface area contributed by atoms with Crippen LogP contribution in [0.5, 0.6) is 5.75 Å². The molecule has 2 aromatic carbocycles. The lowest BCUT2D eigenvalue weighted by atomic mass is 10.2.